The number of carbonyl (C=O) groups is 1. The fourth-order valence-electron chi connectivity index (χ4n) is 3.04. The molecular weight excluding hydrogens is 491 g/mol. The zero-order valence-corrected chi connectivity index (χ0v) is 19.1. The van der Waals surface area contributed by atoms with Crippen LogP contribution in [0.5, 0.6) is 0 Å². The van der Waals surface area contributed by atoms with Crippen LogP contribution in [0.4, 0.5) is 24.5 Å². The molecule has 7 nitrogen and oxygen atoms in total. The van der Waals surface area contributed by atoms with E-state index in [9.17, 15) is 31.2 Å². The van der Waals surface area contributed by atoms with E-state index < -0.39 is 39.9 Å². The van der Waals surface area contributed by atoms with Crippen LogP contribution < -0.4 is 14.5 Å². The van der Waals surface area contributed by atoms with Gasteiger partial charge in [-0.1, -0.05) is 22.9 Å². The average Bonchev–Trinajstić information content (AvgIpc) is 2.99. The smallest absolute Gasteiger partial charge is 0.324 e. The highest BCUT2D eigenvalue weighted by atomic mass is 35.5. The Morgan fingerprint density at radius 2 is 1.91 bits per heavy atom. The van der Waals surface area contributed by atoms with E-state index in [-0.39, 0.29) is 9.90 Å². The molecule has 0 radical (unpaired) electrons. The van der Waals surface area contributed by atoms with Crippen molar-refractivity contribution in [2.45, 2.75) is 19.6 Å². The summed E-state index contributed by atoms with van der Waals surface area (Å²) >= 11 is 6.94. The molecule has 172 valence electrons. The number of sulfonamides is 1. The summed E-state index contributed by atoms with van der Waals surface area (Å²) in [7, 11) is -4.15. The summed E-state index contributed by atoms with van der Waals surface area (Å²) in [5, 5.41) is 2.24. The van der Waals surface area contributed by atoms with Gasteiger partial charge in [0.05, 0.1) is 32.7 Å². The first-order chi connectivity index (χ1) is 14.8. The SMILES string of the molecule is CCn1c(=O)sc2cc(NC(=O)CN(c3cc(C(F)(F)F)ccc3Cl)S(C)(=O)=O)ccc21. The van der Waals surface area contributed by atoms with Gasteiger partial charge in [0.15, 0.2) is 0 Å². The molecule has 1 aromatic heterocycles. The van der Waals surface area contributed by atoms with Gasteiger partial charge >= 0.3 is 11.0 Å². The Bertz CT molecular complexity index is 1350. The lowest BCUT2D eigenvalue weighted by Crippen LogP contribution is -2.37. The number of halogens is 4. The zero-order valence-electron chi connectivity index (χ0n) is 16.7. The minimum absolute atomic E-state index is 0.159. The second kappa shape index (κ2) is 8.75. The number of hydrogen-bond acceptors (Lipinski definition) is 5. The lowest BCUT2D eigenvalue weighted by molar-refractivity contribution is -0.137. The van der Waals surface area contributed by atoms with E-state index in [1.54, 1.807) is 22.8 Å². The molecule has 13 heteroatoms. The van der Waals surface area contributed by atoms with Gasteiger partial charge in [-0.15, -0.1) is 0 Å². The molecule has 0 saturated heterocycles. The van der Waals surface area contributed by atoms with Crippen molar-refractivity contribution in [3.05, 3.63) is 56.7 Å². The van der Waals surface area contributed by atoms with Crippen LogP contribution in [0.1, 0.15) is 12.5 Å². The molecule has 0 fully saturated rings. The van der Waals surface area contributed by atoms with Crippen molar-refractivity contribution in [3.8, 4) is 0 Å². The second-order valence-electron chi connectivity index (χ2n) is 6.78. The first kappa shape index (κ1) is 24.1. The number of benzene rings is 2. The number of aromatic nitrogens is 1. The third-order valence-electron chi connectivity index (χ3n) is 4.50. The van der Waals surface area contributed by atoms with Crippen LogP contribution >= 0.6 is 22.9 Å². The Morgan fingerprint density at radius 3 is 2.50 bits per heavy atom. The molecule has 3 aromatic rings. The number of anilines is 2. The maximum absolute atomic E-state index is 13.1. The third kappa shape index (κ3) is 5.08. The molecule has 0 unspecified atom stereocenters. The molecule has 0 atom stereocenters. The molecule has 0 aliphatic carbocycles. The van der Waals surface area contributed by atoms with Crippen LogP contribution in [0, 0.1) is 0 Å². The summed E-state index contributed by atoms with van der Waals surface area (Å²) in [6.07, 6.45) is -3.97. The molecule has 3 rings (SSSR count). The van der Waals surface area contributed by atoms with Crippen molar-refractivity contribution in [3.63, 3.8) is 0 Å². The van der Waals surface area contributed by atoms with Gasteiger partial charge in [0.2, 0.25) is 15.9 Å². The van der Waals surface area contributed by atoms with E-state index in [0.717, 1.165) is 29.7 Å². The Kier molecular flexibility index (Phi) is 6.59. The molecule has 1 N–H and O–H groups in total. The van der Waals surface area contributed by atoms with Crippen molar-refractivity contribution in [2.24, 2.45) is 0 Å². The van der Waals surface area contributed by atoms with Crippen molar-refractivity contribution < 1.29 is 26.4 Å². The fraction of sp³-hybridized carbons (Fsp3) is 0.263. The number of amides is 1. The van der Waals surface area contributed by atoms with E-state index >= 15 is 0 Å². The van der Waals surface area contributed by atoms with Crippen LogP contribution in [0.25, 0.3) is 10.2 Å². The highest BCUT2D eigenvalue weighted by molar-refractivity contribution is 7.92. The molecule has 0 spiro atoms. The molecule has 1 heterocycles. The Hall–Kier alpha value is -2.57. The molecule has 0 aliphatic heterocycles. The first-order valence-electron chi connectivity index (χ1n) is 9.09. The average molecular weight is 508 g/mol. The predicted octanol–water partition coefficient (Wildman–Crippen LogP) is 4.16. The Balaban J connectivity index is 1.90. The van der Waals surface area contributed by atoms with Gasteiger partial charge in [0, 0.05) is 12.2 Å². The fourth-order valence-corrected chi connectivity index (χ4v) is 5.16. The summed E-state index contributed by atoms with van der Waals surface area (Å²) in [5.74, 6) is -0.800. The lowest BCUT2D eigenvalue weighted by Gasteiger charge is -2.24. The normalized spacial score (nSPS) is 12.2. The third-order valence-corrected chi connectivity index (χ3v) is 6.89. The van der Waals surface area contributed by atoms with Gasteiger partial charge in [-0.05, 0) is 43.3 Å². The van der Waals surface area contributed by atoms with Crippen LogP contribution in [-0.4, -0.2) is 31.7 Å². The topological polar surface area (TPSA) is 88.5 Å². The van der Waals surface area contributed by atoms with Gasteiger partial charge in [-0.25, -0.2) is 8.42 Å². The van der Waals surface area contributed by atoms with Gasteiger partial charge in [-0.3, -0.25) is 18.5 Å². The Morgan fingerprint density at radius 1 is 1.22 bits per heavy atom. The molecule has 0 aliphatic rings. The van der Waals surface area contributed by atoms with Gasteiger partial charge < -0.3 is 5.32 Å². The molecule has 0 bridgehead atoms. The van der Waals surface area contributed by atoms with Crippen LogP contribution in [0.3, 0.4) is 0 Å². The zero-order chi connectivity index (χ0) is 23.8. The number of aryl methyl sites for hydroxylation is 1. The maximum Gasteiger partial charge on any atom is 0.416 e. The summed E-state index contributed by atoms with van der Waals surface area (Å²) < 4.78 is 66.4. The van der Waals surface area contributed by atoms with Gasteiger partial charge in [0.1, 0.15) is 6.54 Å². The van der Waals surface area contributed by atoms with Gasteiger partial charge in [-0.2, -0.15) is 13.2 Å². The van der Waals surface area contributed by atoms with Crippen LogP contribution in [-0.2, 0) is 27.5 Å². The minimum Gasteiger partial charge on any atom is -0.324 e. The van der Waals surface area contributed by atoms with Crippen LogP contribution in [0.2, 0.25) is 5.02 Å². The minimum atomic E-state index is -4.73. The van der Waals surface area contributed by atoms with Crippen molar-refractivity contribution in [1.29, 1.82) is 0 Å². The van der Waals surface area contributed by atoms with E-state index in [1.165, 1.54) is 0 Å². The summed E-state index contributed by atoms with van der Waals surface area (Å²) in [5.41, 5.74) is -0.579. The number of carbonyl (C=O) groups excluding carboxylic acids is 1. The van der Waals surface area contributed by atoms with E-state index in [2.05, 4.69) is 5.32 Å². The molecule has 32 heavy (non-hydrogen) atoms. The second-order valence-corrected chi connectivity index (χ2v) is 10.1. The molecule has 0 saturated carbocycles. The summed E-state index contributed by atoms with van der Waals surface area (Å²) in [4.78, 5) is 24.4. The quantitative estimate of drug-likeness (QED) is 0.542. The van der Waals surface area contributed by atoms with Crippen LogP contribution in [0.15, 0.2) is 41.2 Å². The summed E-state index contributed by atoms with van der Waals surface area (Å²) in [6.45, 7) is 1.50. The predicted molar refractivity (Wildman–Crippen MR) is 119 cm³/mol. The largest absolute Gasteiger partial charge is 0.416 e. The lowest BCUT2D eigenvalue weighted by atomic mass is 10.2. The number of alkyl halides is 3. The van der Waals surface area contributed by atoms with E-state index in [0.29, 0.717) is 32.8 Å². The van der Waals surface area contributed by atoms with E-state index in [1.807, 2.05) is 6.92 Å². The van der Waals surface area contributed by atoms with Crippen molar-refractivity contribution >= 4 is 60.5 Å². The molecule has 1 amide bonds. The maximum atomic E-state index is 13.1. The van der Waals surface area contributed by atoms with Gasteiger partial charge in [0.25, 0.3) is 0 Å². The van der Waals surface area contributed by atoms with E-state index in [4.69, 9.17) is 11.6 Å². The highest BCUT2D eigenvalue weighted by Crippen LogP contribution is 2.36. The number of nitrogens with zero attached hydrogens (tertiary/aromatic N) is 2. The highest BCUT2D eigenvalue weighted by Gasteiger charge is 2.33. The standard InChI is InChI=1S/C19H17ClF3N3O4S2/c1-3-25-14-7-5-12(9-16(14)31-18(25)28)24-17(27)10-26(32(2,29)30)15-8-11(19(21,22)23)4-6-13(15)20/h4-9H,3,10H2,1-2H3,(H,24,27). The monoisotopic (exact) mass is 507 g/mol. The number of rotatable bonds is 6. The Labute approximate surface area is 190 Å². The molecule has 2 aromatic carbocycles. The number of fused-ring (bicyclic) bond motifs is 1. The molecular formula is C19H17ClF3N3O4S2. The number of thiazole rings is 1. The summed E-state index contributed by atoms with van der Waals surface area (Å²) in [6, 6.07) is 6.96. The van der Waals surface area contributed by atoms with Crippen molar-refractivity contribution in [2.75, 3.05) is 22.4 Å². The first-order valence-corrected chi connectivity index (χ1v) is 12.1. The van der Waals surface area contributed by atoms with Crippen molar-refractivity contribution in [1.82, 2.24) is 4.57 Å². The number of nitrogens with one attached hydrogen (secondary N) is 1. The number of hydrogen-bond donors (Lipinski definition) is 1.